The highest BCUT2D eigenvalue weighted by Crippen LogP contribution is 2.30. The first kappa shape index (κ1) is 31.3. The number of carbonyl (C=O) groups is 2. The summed E-state index contributed by atoms with van der Waals surface area (Å²) in [7, 11) is 0. The number of benzene rings is 1. The normalized spacial score (nSPS) is 16.0. The molecule has 0 spiro atoms. The zero-order chi connectivity index (χ0) is 30.6. The van der Waals surface area contributed by atoms with Crippen molar-refractivity contribution in [2.75, 3.05) is 18.4 Å². The van der Waals surface area contributed by atoms with Gasteiger partial charge in [-0.05, 0) is 60.5 Å². The second-order valence-electron chi connectivity index (χ2n) is 12.2. The minimum Gasteiger partial charge on any atom is -0.333 e. The number of thiophene rings is 1. The average Bonchev–Trinajstić information content (AvgIpc) is 3.66. The Morgan fingerprint density at radius 2 is 2.00 bits per heavy atom. The lowest BCUT2D eigenvalue weighted by Gasteiger charge is -2.26. The van der Waals surface area contributed by atoms with Crippen LogP contribution in [-0.4, -0.2) is 45.4 Å². The summed E-state index contributed by atoms with van der Waals surface area (Å²) in [4.78, 5) is 33.0. The Balaban J connectivity index is 1.66. The summed E-state index contributed by atoms with van der Waals surface area (Å²) < 4.78 is 28.2. The molecule has 1 saturated heterocycles. The number of imidazole rings is 1. The molecule has 1 aromatic carbocycles. The van der Waals surface area contributed by atoms with E-state index in [-0.39, 0.29) is 38.6 Å². The Labute approximate surface area is 249 Å². The van der Waals surface area contributed by atoms with Crippen LogP contribution in [0.5, 0.6) is 0 Å². The molecule has 2 aromatic heterocycles. The maximum atomic E-state index is 13.4. The monoisotopic (exact) mass is 596 g/mol. The molecule has 1 aliphatic rings. The van der Waals surface area contributed by atoms with Gasteiger partial charge in [-0.15, -0.1) is 11.3 Å². The van der Waals surface area contributed by atoms with E-state index in [4.69, 9.17) is 4.98 Å². The van der Waals surface area contributed by atoms with E-state index in [0.717, 1.165) is 41.8 Å². The van der Waals surface area contributed by atoms with E-state index in [1.54, 1.807) is 11.0 Å². The quantitative estimate of drug-likeness (QED) is 0.205. The van der Waals surface area contributed by atoms with Crippen molar-refractivity contribution < 1.29 is 18.4 Å². The Bertz CT molecular complexity index is 1510. The molecule has 2 amide bonds. The number of nitriles is 1. The molecule has 1 fully saturated rings. The van der Waals surface area contributed by atoms with E-state index in [0.29, 0.717) is 31.1 Å². The Hall–Kier alpha value is -3.62. The molecule has 0 bridgehead atoms. The second-order valence-corrected chi connectivity index (χ2v) is 13.3. The summed E-state index contributed by atoms with van der Waals surface area (Å²) in [6, 6.07) is 10.4. The highest BCUT2D eigenvalue weighted by molar-refractivity contribution is 7.14. The number of hydrogen-bond donors (Lipinski definition) is 2. The number of fused-ring (bicyclic) bond motifs is 1. The number of nitrogens with one attached hydrogen (secondary N) is 2. The van der Waals surface area contributed by atoms with E-state index >= 15 is 0 Å². The van der Waals surface area contributed by atoms with Crippen LogP contribution in [0.15, 0.2) is 42.0 Å². The van der Waals surface area contributed by atoms with Crippen molar-refractivity contribution in [3.63, 3.8) is 0 Å². The van der Waals surface area contributed by atoms with Crippen LogP contribution in [0, 0.1) is 22.7 Å². The van der Waals surface area contributed by atoms with E-state index in [9.17, 15) is 23.6 Å². The van der Waals surface area contributed by atoms with Crippen molar-refractivity contribution in [3.8, 4) is 6.07 Å². The molecule has 42 heavy (non-hydrogen) atoms. The van der Waals surface area contributed by atoms with Crippen LogP contribution in [0.2, 0.25) is 0 Å². The van der Waals surface area contributed by atoms with Crippen LogP contribution < -0.4 is 10.6 Å². The number of nitrogens with zero attached hydrogens (tertiary/aromatic N) is 4. The molecule has 224 valence electrons. The number of carbonyl (C=O) groups excluding carboxylic acids is 2. The molecule has 4 rings (SSSR count). The molecular formula is C31H38F2N6O2S. The fourth-order valence-electron chi connectivity index (χ4n) is 5.06. The lowest BCUT2D eigenvalue weighted by atomic mass is 9.93. The summed E-state index contributed by atoms with van der Waals surface area (Å²) in [5.74, 6) is -0.0446. The van der Waals surface area contributed by atoms with E-state index in [1.807, 2.05) is 43.5 Å². The number of anilines is 1. The van der Waals surface area contributed by atoms with Gasteiger partial charge in [-0.1, -0.05) is 46.8 Å². The molecule has 0 saturated carbocycles. The molecule has 2 N–H and O–H groups in total. The first-order chi connectivity index (χ1) is 19.9. The smallest absolute Gasteiger partial charge is 0.272 e. The summed E-state index contributed by atoms with van der Waals surface area (Å²) in [6.07, 6.45) is 0.565. The van der Waals surface area contributed by atoms with Crippen LogP contribution in [-0.2, 0) is 17.9 Å². The molecule has 1 aliphatic heterocycles. The maximum Gasteiger partial charge on any atom is 0.272 e. The molecular weight excluding hydrogens is 558 g/mol. The van der Waals surface area contributed by atoms with Gasteiger partial charge in [0.2, 0.25) is 5.95 Å². The Morgan fingerprint density at radius 3 is 2.64 bits per heavy atom. The van der Waals surface area contributed by atoms with Crippen molar-refractivity contribution in [1.82, 2.24) is 19.8 Å². The fourth-order valence-corrected chi connectivity index (χ4v) is 5.82. The molecule has 8 nitrogen and oxygen atoms in total. The lowest BCUT2D eigenvalue weighted by molar-refractivity contribution is -0.127. The third-order valence-electron chi connectivity index (χ3n) is 6.94. The van der Waals surface area contributed by atoms with Gasteiger partial charge in [0.15, 0.2) is 0 Å². The number of rotatable bonds is 10. The molecule has 0 radical (unpaired) electrons. The number of amides is 2. The first-order valence-corrected chi connectivity index (χ1v) is 15.0. The Morgan fingerprint density at radius 1 is 1.24 bits per heavy atom. The SMILES string of the molecule is CC(C)CNCc1ccc2c(c1)nc(NC(=O)c1ccc(C(F)F)s1)n2CC1CCCN1C(=O)C(C#N)=CC(C)(C)C. The first-order valence-electron chi connectivity index (χ1n) is 14.2. The zero-order valence-corrected chi connectivity index (χ0v) is 25.5. The van der Waals surface area contributed by atoms with Gasteiger partial charge in [-0.3, -0.25) is 14.9 Å². The zero-order valence-electron chi connectivity index (χ0n) is 24.7. The second kappa shape index (κ2) is 13.1. The minimum absolute atomic E-state index is 0.115. The molecule has 0 aliphatic carbocycles. The van der Waals surface area contributed by atoms with Gasteiger partial charge in [-0.2, -0.15) is 5.26 Å². The number of aromatic nitrogens is 2. The lowest BCUT2D eigenvalue weighted by Crippen LogP contribution is -2.39. The summed E-state index contributed by atoms with van der Waals surface area (Å²) in [6.45, 7) is 12.5. The van der Waals surface area contributed by atoms with Crippen molar-refractivity contribution >= 4 is 40.1 Å². The van der Waals surface area contributed by atoms with Crippen LogP contribution in [0.25, 0.3) is 11.0 Å². The van der Waals surface area contributed by atoms with E-state index in [2.05, 4.69) is 30.6 Å². The Kier molecular flexibility index (Phi) is 9.79. The molecule has 3 heterocycles. The average molecular weight is 597 g/mol. The van der Waals surface area contributed by atoms with Crippen LogP contribution in [0.3, 0.4) is 0 Å². The standard InChI is InChI=1S/C31H38F2N6O2S/c1-19(2)16-35-17-20-8-9-24-23(13-20)36-30(37-28(40)26-11-10-25(42-26)27(32)33)39(24)18-22-7-6-12-38(22)29(41)21(15-34)14-31(3,4)5/h8-11,13-14,19,22,27,35H,6-7,12,16-18H2,1-5H3,(H,36,37,40). The van der Waals surface area contributed by atoms with Gasteiger partial charge in [0.05, 0.1) is 26.8 Å². The van der Waals surface area contributed by atoms with Crippen molar-refractivity contribution in [3.05, 3.63) is 57.3 Å². The van der Waals surface area contributed by atoms with Crippen LogP contribution in [0.4, 0.5) is 14.7 Å². The van der Waals surface area contributed by atoms with E-state index < -0.39 is 12.3 Å². The summed E-state index contributed by atoms with van der Waals surface area (Å²) in [5.41, 5.74) is 2.28. The van der Waals surface area contributed by atoms with Crippen molar-refractivity contribution in [2.45, 2.75) is 73.0 Å². The molecule has 1 unspecified atom stereocenters. The number of halogens is 2. The predicted molar refractivity (Wildman–Crippen MR) is 161 cm³/mol. The number of allylic oxidation sites excluding steroid dienone is 1. The van der Waals surface area contributed by atoms with Crippen LogP contribution in [0.1, 0.15) is 74.0 Å². The van der Waals surface area contributed by atoms with Gasteiger partial charge < -0.3 is 14.8 Å². The van der Waals surface area contributed by atoms with Gasteiger partial charge in [0, 0.05) is 19.6 Å². The van der Waals surface area contributed by atoms with Crippen molar-refractivity contribution in [2.24, 2.45) is 11.3 Å². The molecule has 11 heteroatoms. The van der Waals surface area contributed by atoms with Gasteiger partial charge in [0.1, 0.15) is 11.6 Å². The van der Waals surface area contributed by atoms with Gasteiger partial charge >= 0.3 is 0 Å². The topological polar surface area (TPSA) is 103 Å². The minimum atomic E-state index is -2.65. The molecule has 1 atom stereocenters. The van der Waals surface area contributed by atoms with Crippen molar-refractivity contribution in [1.29, 1.82) is 5.26 Å². The highest BCUT2D eigenvalue weighted by Gasteiger charge is 2.32. The fraction of sp³-hybridized carbons (Fsp3) is 0.484. The molecule has 3 aromatic rings. The predicted octanol–water partition coefficient (Wildman–Crippen LogP) is 6.52. The number of likely N-dealkylation sites (tertiary alicyclic amines) is 1. The van der Waals surface area contributed by atoms with Crippen LogP contribution >= 0.6 is 11.3 Å². The largest absolute Gasteiger partial charge is 0.333 e. The summed E-state index contributed by atoms with van der Waals surface area (Å²) in [5, 5.41) is 16.0. The summed E-state index contributed by atoms with van der Waals surface area (Å²) >= 11 is 0.745. The number of alkyl halides is 2. The highest BCUT2D eigenvalue weighted by atomic mass is 32.1. The third kappa shape index (κ3) is 7.61. The van der Waals surface area contributed by atoms with Gasteiger partial charge in [-0.25, -0.2) is 13.8 Å². The maximum absolute atomic E-state index is 13.4. The van der Waals surface area contributed by atoms with Gasteiger partial charge in [0.25, 0.3) is 18.2 Å². The third-order valence-corrected chi connectivity index (χ3v) is 8.04. The number of hydrogen-bond acceptors (Lipinski definition) is 6. The van der Waals surface area contributed by atoms with E-state index in [1.165, 1.54) is 12.1 Å².